The SMILES string of the molecule is Cc1ccc(CN2C(=O)CCc3c(C)nc([C@H]4CCCN4C4CCCC4)nc32)cc1. The minimum Gasteiger partial charge on any atom is -0.292 e. The Labute approximate surface area is 179 Å². The van der Waals surface area contributed by atoms with Crippen molar-refractivity contribution in [2.45, 2.75) is 83.8 Å². The van der Waals surface area contributed by atoms with Gasteiger partial charge in [-0.1, -0.05) is 42.7 Å². The largest absolute Gasteiger partial charge is 0.292 e. The minimum absolute atomic E-state index is 0.172. The topological polar surface area (TPSA) is 49.3 Å². The number of aromatic nitrogens is 2. The highest BCUT2D eigenvalue weighted by Gasteiger charge is 2.36. The van der Waals surface area contributed by atoms with Crippen LogP contribution in [0, 0.1) is 13.8 Å². The van der Waals surface area contributed by atoms with Crippen molar-refractivity contribution in [1.29, 1.82) is 0 Å². The Balaban J connectivity index is 1.48. The number of aryl methyl sites for hydroxylation is 2. The van der Waals surface area contributed by atoms with E-state index in [1.54, 1.807) is 0 Å². The molecule has 1 saturated heterocycles. The summed E-state index contributed by atoms with van der Waals surface area (Å²) >= 11 is 0. The summed E-state index contributed by atoms with van der Waals surface area (Å²) in [5.41, 5.74) is 4.58. The number of nitrogens with zero attached hydrogens (tertiary/aromatic N) is 4. The fourth-order valence-corrected chi connectivity index (χ4v) is 5.53. The van der Waals surface area contributed by atoms with Gasteiger partial charge in [0.05, 0.1) is 12.6 Å². The third-order valence-corrected chi connectivity index (χ3v) is 7.20. The Hall–Kier alpha value is -2.27. The summed E-state index contributed by atoms with van der Waals surface area (Å²) in [7, 11) is 0. The summed E-state index contributed by atoms with van der Waals surface area (Å²) in [6, 6.07) is 9.44. The van der Waals surface area contributed by atoms with Crippen LogP contribution in [0.3, 0.4) is 0 Å². The first-order chi connectivity index (χ1) is 14.6. The Kier molecular flexibility index (Phi) is 5.32. The van der Waals surface area contributed by atoms with E-state index < -0.39 is 0 Å². The Bertz CT molecular complexity index is 933. The third-order valence-electron chi connectivity index (χ3n) is 7.20. The first kappa shape index (κ1) is 19.7. The van der Waals surface area contributed by atoms with Crippen molar-refractivity contribution in [1.82, 2.24) is 14.9 Å². The van der Waals surface area contributed by atoms with Crippen LogP contribution in [0.5, 0.6) is 0 Å². The van der Waals surface area contributed by atoms with Crippen molar-refractivity contribution in [2.24, 2.45) is 0 Å². The van der Waals surface area contributed by atoms with E-state index in [9.17, 15) is 4.79 Å². The number of likely N-dealkylation sites (tertiary alicyclic amines) is 1. The van der Waals surface area contributed by atoms with Gasteiger partial charge in [0.15, 0.2) is 0 Å². The Morgan fingerprint density at radius 1 is 0.967 bits per heavy atom. The normalized spacial score (nSPS) is 22.7. The summed E-state index contributed by atoms with van der Waals surface area (Å²) in [4.78, 5) is 27.5. The van der Waals surface area contributed by atoms with Crippen LogP contribution in [0.2, 0.25) is 0 Å². The smallest absolute Gasteiger partial charge is 0.228 e. The number of anilines is 1. The van der Waals surface area contributed by atoms with Crippen LogP contribution < -0.4 is 4.90 Å². The standard InChI is InChI=1S/C25H32N4O/c1-17-9-11-19(12-10-17)16-29-23(30)14-13-21-18(2)26-24(27-25(21)29)22-8-5-15-28(22)20-6-3-4-7-20/h9-12,20,22H,3-8,13-16H2,1-2H3/t22-/m1/s1. The molecule has 5 rings (SSSR count). The average molecular weight is 405 g/mol. The number of fused-ring (bicyclic) bond motifs is 1. The van der Waals surface area contributed by atoms with E-state index in [1.165, 1.54) is 37.7 Å². The molecule has 0 radical (unpaired) electrons. The second-order valence-electron chi connectivity index (χ2n) is 9.27. The van der Waals surface area contributed by atoms with Crippen LogP contribution in [0.4, 0.5) is 5.82 Å². The molecule has 1 aromatic carbocycles. The van der Waals surface area contributed by atoms with Gasteiger partial charge in [-0.05, 0) is 58.1 Å². The van der Waals surface area contributed by atoms with Crippen molar-refractivity contribution in [3.63, 3.8) is 0 Å². The van der Waals surface area contributed by atoms with Gasteiger partial charge in [0.1, 0.15) is 11.6 Å². The number of rotatable bonds is 4. The fourth-order valence-electron chi connectivity index (χ4n) is 5.53. The van der Waals surface area contributed by atoms with Crippen LogP contribution in [0.1, 0.15) is 79.2 Å². The molecule has 5 heteroatoms. The molecule has 0 N–H and O–H groups in total. The first-order valence-electron chi connectivity index (χ1n) is 11.6. The molecule has 0 bridgehead atoms. The van der Waals surface area contributed by atoms with Crippen molar-refractivity contribution in [3.8, 4) is 0 Å². The first-order valence-corrected chi connectivity index (χ1v) is 11.6. The molecule has 2 aliphatic heterocycles. The monoisotopic (exact) mass is 404 g/mol. The molecule has 3 heterocycles. The van der Waals surface area contributed by atoms with Crippen LogP contribution in [-0.4, -0.2) is 33.4 Å². The number of hydrogen-bond acceptors (Lipinski definition) is 4. The fraction of sp³-hybridized carbons (Fsp3) is 0.560. The lowest BCUT2D eigenvalue weighted by atomic mass is 10.0. The zero-order chi connectivity index (χ0) is 20.7. The Morgan fingerprint density at radius 3 is 2.50 bits per heavy atom. The molecule has 3 aliphatic rings. The molecule has 1 aliphatic carbocycles. The molecule has 5 nitrogen and oxygen atoms in total. The second-order valence-corrected chi connectivity index (χ2v) is 9.27. The number of benzene rings is 1. The van der Waals surface area contributed by atoms with Gasteiger partial charge in [0.2, 0.25) is 5.91 Å². The van der Waals surface area contributed by atoms with Gasteiger partial charge in [-0.2, -0.15) is 0 Å². The van der Waals surface area contributed by atoms with E-state index in [4.69, 9.17) is 9.97 Å². The van der Waals surface area contributed by atoms with Gasteiger partial charge in [-0.3, -0.25) is 14.6 Å². The quantitative estimate of drug-likeness (QED) is 0.744. The number of hydrogen-bond donors (Lipinski definition) is 0. The van der Waals surface area contributed by atoms with Crippen molar-refractivity contribution in [2.75, 3.05) is 11.4 Å². The lowest BCUT2D eigenvalue weighted by Crippen LogP contribution is -2.37. The van der Waals surface area contributed by atoms with Gasteiger partial charge >= 0.3 is 0 Å². The molecule has 158 valence electrons. The highest BCUT2D eigenvalue weighted by atomic mass is 16.2. The molecule has 1 amide bonds. The van der Waals surface area contributed by atoms with E-state index in [0.717, 1.165) is 47.8 Å². The van der Waals surface area contributed by atoms with Gasteiger partial charge < -0.3 is 0 Å². The van der Waals surface area contributed by atoms with Gasteiger partial charge in [-0.15, -0.1) is 0 Å². The van der Waals surface area contributed by atoms with Gasteiger partial charge in [-0.25, -0.2) is 9.97 Å². The zero-order valence-electron chi connectivity index (χ0n) is 18.2. The highest BCUT2D eigenvalue weighted by Crippen LogP contribution is 2.39. The number of carbonyl (C=O) groups is 1. The summed E-state index contributed by atoms with van der Waals surface area (Å²) in [6.45, 7) is 5.92. The zero-order valence-corrected chi connectivity index (χ0v) is 18.2. The van der Waals surface area contributed by atoms with Gasteiger partial charge in [0.25, 0.3) is 0 Å². The Morgan fingerprint density at radius 2 is 1.73 bits per heavy atom. The van der Waals surface area contributed by atoms with E-state index in [-0.39, 0.29) is 5.91 Å². The molecule has 1 aromatic heterocycles. The summed E-state index contributed by atoms with van der Waals surface area (Å²) < 4.78 is 0. The molecular formula is C25H32N4O. The number of carbonyl (C=O) groups excluding carboxylic acids is 1. The van der Waals surface area contributed by atoms with Crippen molar-refractivity contribution >= 4 is 11.7 Å². The number of amides is 1. The molecule has 30 heavy (non-hydrogen) atoms. The van der Waals surface area contributed by atoms with E-state index >= 15 is 0 Å². The molecule has 2 aromatic rings. The highest BCUT2D eigenvalue weighted by molar-refractivity contribution is 5.95. The predicted octanol–water partition coefficient (Wildman–Crippen LogP) is 4.65. The lowest BCUT2D eigenvalue weighted by molar-refractivity contribution is -0.119. The second kappa shape index (κ2) is 8.10. The van der Waals surface area contributed by atoms with Crippen LogP contribution >= 0.6 is 0 Å². The van der Waals surface area contributed by atoms with Crippen LogP contribution in [0.25, 0.3) is 0 Å². The maximum atomic E-state index is 12.9. The molecule has 1 saturated carbocycles. The van der Waals surface area contributed by atoms with E-state index in [0.29, 0.717) is 25.0 Å². The van der Waals surface area contributed by atoms with Crippen LogP contribution in [-0.2, 0) is 17.8 Å². The van der Waals surface area contributed by atoms with E-state index in [2.05, 4.69) is 43.0 Å². The van der Waals surface area contributed by atoms with Crippen molar-refractivity contribution < 1.29 is 4.79 Å². The molecular weight excluding hydrogens is 372 g/mol. The minimum atomic E-state index is 0.172. The van der Waals surface area contributed by atoms with Gasteiger partial charge in [0, 0.05) is 23.7 Å². The molecule has 2 fully saturated rings. The average Bonchev–Trinajstić information content (AvgIpc) is 3.43. The summed E-state index contributed by atoms with van der Waals surface area (Å²) in [5, 5.41) is 0. The molecule has 0 spiro atoms. The third kappa shape index (κ3) is 3.64. The lowest BCUT2D eigenvalue weighted by Gasteiger charge is -2.33. The summed E-state index contributed by atoms with van der Waals surface area (Å²) in [5.74, 6) is 1.96. The molecule has 1 atom stereocenters. The summed E-state index contributed by atoms with van der Waals surface area (Å²) in [6.07, 6.45) is 8.93. The van der Waals surface area contributed by atoms with Crippen LogP contribution in [0.15, 0.2) is 24.3 Å². The van der Waals surface area contributed by atoms with E-state index in [1.807, 2.05) is 4.90 Å². The predicted molar refractivity (Wildman–Crippen MR) is 118 cm³/mol. The maximum absolute atomic E-state index is 12.9. The maximum Gasteiger partial charge on any atom is 0.228 e. The van der Waals surface area contributed by atoms with Crippen molar-refractivity contribution in [3.05, 3.63) is 52.5 Å². The molecule has 0 unspecified atom stereocenters.